The maximum Gasteiger partial charge on any atom is 0.0800 e. The predicted octanol–water partition coefficient (Wildman–Crippen LogP) is 4.40. The average molecular weight is 222 g/mol. The quantitative estimate of drug-likeness (QED) is 0.604. The summed E-state index contributed by atoms with van der Waals surface area (Å²) in [6.07, 6.45) is 8.90. The van der Waals surface area contributed by atoms with E-state index in [1.165, 1.54) is 17.6 Å². The molecule has 0 bridgehead atoms. The molecule has 0 aliphatic rings. The Labute approximate surface area is 101 Å². The fourth-order valence-electron chi connectivity index (χ4n) is 1.48. The molecule has 0 spiro atoms. The van der Waals surface area contributed by atoms with Gasteiger partial charge in [0.25, 0.3) is 0 Å². The Hall–Kier alpha value is -0.820. The second kappa shape index (κ2) is 7.45. The lowest BCUT2D eigenvalue weighted by Gasteiger charge is -2.16. The van der Waals surface area contributed by atoms with Crippen LogP contribution in [0.2, 0.25) is 0 Å². The molecule has 1 nitrogen and oxygen atoms in total. The molecule has 0 saturated heterocycles. The normalized spacial score (nSPS) is 15.6. The SMILES string of the molecule is C=CC(C)(O)CCC=C(C)CCCC(=C)C. The Morgan fingerprint density at radius 1 is 1.31 bits per heavy atom. The molecule has 0 amide bonds. The van der Waals surface area contributed by atoms with Gasteiger partial charge in [0.2, 0.25) is 0 Å². The molecule has 0 aromatic heterocycles. The van der Waals surface area contributed by atoms with E-state index < -0.39 is 5.60 Å². The van der Waals surface area contributed by atoms with E-state index in [1.54, 1.807) is 13.0 Å². The summed E-state index contributed by atoms with van der Waals surface area (Å²) in [5, 5.41) is 9.73. The minimum absolute atomic E-state index is 0.728. The lowest BCUT2D eigenvalue weighted by atomic mass is 9.99. The largest absolute Gasteiger partial charge is 0.386 e. The summed E-state index contributed by atoms with van der Waals surface area (Å²) in [4.78, 5) is 0. The Morgan fingerprint density at radius 2 is 1.94 bits per heavy atom. The molecule has 0 radical (unpaired) electrons. The summed E-state index contributed by atoms with van der Waals surface area (Å²) < 4.78 is 0. The van der Waals surface area contributed by atoms with Crippen molar-refractivity contribution in [3.63, 3.8) is 0 Å². The van der Waals surface area contributed by atoms with E-state index in [4.69, 9.17) is 0 Å². The Morgan fingerprint density at radius 3 is 2.44 bits per heavy atom. The van der Waals surface area contributed by atoms with Crippen LogP contribution in [0.4, 0.5) is 0 Å². The number of hydrogen-bond donors (Lipinski definition) is 1. The van der Waals surface area contributed by atoms with Gasteiger partial charge in [-0.05, 0) is 52.9 Å². The van der Waals surface area contributed by atoms with Gasteiger partial charge in [-0.1, -0.05) is 23.3 Å². The van der Waals surface area contributed by atoms with E-state index in [9.17, 15) is 5.11 Å². The molecule has 0 aliphatic carbocycles. The molecule has 0 saturated carbocycles. The number of aliphatic hydroxyl groups is 1. The third kappa shape index (κ3) is 8.49. The molecule has 0 aromatic carbocycles. The van der Waals surface area contributed by atoms with Crippen LogP contribution in [0, 0.1) is 0 Å². The van der Waals surface area contributed by atoms with E-state index in [0.717, 1.165) is 25.7 Å². The third-order valence-electron chi connectivity index (χ3n) is 2.76. The molecule has 1 heteroatoms. The Bertz CT molecular complexity index is 259. The second-order valence-corrected chi connectivity index (χ2v) is 4.96. The number of rotatable bonds is 8. The second-order valence-electron chi connectivity index (χ2n) is 4.96. The number of allylic oxidation sites excluding steroid dienone is 3. The van der Waals surface area contributed by atoms with Crippen molar-refractivity contribution in [1.82, 2.24) is 0 Å². The fourth-order valence-corrected chi connectivity index (χ4v) is 1.48. The van der Waals surface area contributed by atoms with Crippen LogP contribution >= 0.6 is 0 Å². The van der Waals surface area contributed by atoms with Gasteiger partial charge in [0, 0.05) is 0 Å². The topological polar surface area (TPSA) is 20.2 Å². The van der Waals surface area contributed by atoms with Gasteiger partial charge in [0.15, 0.2) is 0 Å². The molecule has 0 aromatic rings. The molecule has 0 fully saturated rings. The predicted molar refractivity (Wildman–Crippen MR) is 72.5 cm³/mol. The van der Waals surface area contributed by atoms with Gasteiger partial charge in [-0.25, -0.2) is 0 Å². The summed E-state index contributed by atoms with van der Waals surface area (Å²) in [6.45, 7) is 13.5. The summed E-state index contributed by atoms with van der Waals surface area (Å²) >= 11 is 0. The third-order valence-corrected chi connectivity index (χ3v) is 2.76. The van der Waals surface area contributed by atoms with Crippen molar-refractivity contribution in [2.45, 2.75) is 58.5 Å². The molecule has 92 valence electrons. The van der Waals surface area contributed by atoms with Gasteiger partial charge in [-0.15, -0.1) is 13.2 Å². The Kier molecular flexibility index (Phi) is 7.07. The van der Waals surface area contributed by atoms with Crippen LogP contribution < -0.4 is 0 Å². The lowest BCUT2D eigenvalue weighted by molar-refractivity contribution is 0.103. The van der Waals surface area contributed by atoms with Crippen molar-refractivity contribution in [2.75, 3.05) is 0 Å². The van der Waals surface area contributed by atoms with E-state index in [0.29, 0.717) is 0 Å². The van der Waals surface area contributed by atoms with Crippen molar-refractivity contribution in [1.29, 1.82) is 0 Å². The van der Waals surface area contributed by atoms with Gasteiger partial charge < -0.3 is 5.11 Å². The molecule has 0 heterocycles. The Balaban J connectivity index is 3.79. The van der Waals surface area contributed by atoms with Crippen molar-refractivity contribution >= 4 is 0 Å². The highest BCUT2D eigenvalue weighted by molar-refractivity contribution is 5.01. The first-order valence-corrected chi connectivity index (χ1v) is 6.03. The standard InChI is InChI=1S/C15H26O/c1-6-15(5,16)12-8-11-14(4)10-7-9-13(2)3/h6,11,16H,1-2,7-10,12H2,3-5H3. The zero-order valence-electron chi connectivity index (χ0n) is 11.1. The molecular weight excluding hydrogens is 196 g/mol. The van der Waals surface area contributed by atoms with E-state index in [2.05, 4.69) is 33.1 Å². The highest BCUT2D eigenvalue weighted by Crippen LogP contribution is 2.16. The van der Waals surface area contributed by atoms with Crippen LogP contribution in [0.15, 0.2) is 36.5 Å². The average Bonchev–Trinajstić information content (AvgIpc) is 2.17. The highest BCUT2D eigenvalue weighted by Gasteiger charge is 2.13. The van der Waals surface area contributed by atoms with Gasteiger partial charge >= 0.3 is 0 Å². The van der Waals surface area contributed by atoms with Crippen molar-refractivity contribution < 1.29 is 5.11 Å². The van der Waals surface area contributed by atoms with Crippen LogP contribution in [-0.4, -0.2) is 10.7 Å². The van der Waals surface area contributed by atoms with E-state index in [-0.39, 0.29) is 0 Å². The van der Waals surface area contributed by atoms with E-state index >= 15 is 0 Å². The maximum atomic E-state index is 9.73. The van der Waals surface area contributed by atoms with Gasteiger partial charge in [-0.2, -0.15) is 0 Å². The molecule has 1 N–H and O–H groups in total. The lowest BCUT2D eigenvalue weighted by Crippen LogP contribution is -2.19. The zero-order valence-corrected chi connectivity index (χ0v) is 11.1. The molecular formula is C15H26O. The fraction of sp³-hybridized carbons (Fsp3) is 0.600. The first kappa shape index (κ1) is 15.2. The monoisotopic (exact) mass is 222 g/mol. The van der Waals surface area contributed by atoms with Gasteiger partial charge in [-0.3, -0.25) is 0 Å². The first-order valence-electron chi connectivity index (χ1n) is 6.03. The van der Waals surface area contributed by atoms with Crippen LogP contribution in [0.5, 0.6) is 0 Å². The smallest absolute Gasteiger partial charge is 0.0800 e. The van der Waals surface area contributed by atoms with Crippen LogP contribution in [0.25, 0.3) is 0 Å². The molecule has 16 heavy (non-hydrogen) atoms. The minimum Gasteiger partial charge on any atom is -0.386 e. The summed E-state index contributed by atoms with van der Waals surface area (Å²) in [6, 6.07) is 0. The minimum atomic E-state index is -0.728. The summed E-state index contributed by atoms with van der Waals surface area (Å²) in [5.41, 5.74) is 1.93. The molecule has 0 rings (SSSR count). The van der Waals surface area contributed by atoms with E-state index in [1.807, 2.05) is 0 Å². The highest BCUT2D eigenvalue weighted by atomic mass is 16.3. The zero-order chi connectivity index (χ0) is 12.6. The number of hydrogen-bond acceptors (Lipinski definition) is 1. The van der Waals surface area contributed by atoms with Crippen molar-refractivity contribution in [2.24, 2.45) is 0 Å². The van der Waals surface area contributed by atoms with Crippen LogP contribution in [-0.2, 0) is 0 Å². The summed E-state index contributed by atoms with van der Waals surface area (Å²) in [5.74, 6) is 0. The molecule has 1 atom stereocenters. The maximum absolute atomic E-state index is 9.73. The molecule has 1 unspecified atom stereocenters. The van der Waals surface area contributed by atoms with Crippen molar-refractivity contribution in [3.05, 3.63) is 36.5 Å². The van der Waals surface area contributed by atoms with Crippen molar-refractivity contribution in [3.8, 4) is 0 Å². The van der Waals surface area contributed by atoms with Gasteiger partial charge in [0.1, 0.15) is 0 Å². The van der Waals surface area contributed by atoms with Crippen LogP contribution in [0.1, 0.15) is 52.9 Å². The van der Waals surface area contributed by atoms with Gasteiger partial charge in [0.05, 0.1) is 5.60 Å². The first-order chi connectivity index (χ1) is 7.37. The summed E-state index contributed by atoms with van der Waals surface area (Å²) in [7, 11) is 0. The molecule has 0 aliphatic heterocycles. The van der Waals surface area contributed by atoms with Crippen LogP contribution in [0.3, 0.4) is 0 Å².